The van der Waals surface area contributed by atoms with Crippen LogP contribution in [0.4, 0.5) is 0 Å². The Morgan fingerprint density at radius 2 is 2.21 bits per heavy atom. The van der Waals surface area contributed by atoms with Crippen molar-refractivity contribution >= 4 is 11.9 Å². The van der Waals surface area contributed by atoms with E-state index in [-0.39, 0.29) is 31.0 Å². The molecular weight excluding hydrogens is 312 g/mol. The summed E-state index contributed by atoms with van der Waals surface area (Å²) in [4.78, 5) is 24.3. The number of hydrogen-bond donors (Lipinski definition) is 2. The Hall–Kier alpha value is -2.28. The van der Waals surface area contributed by atoms with Crippen molar-refractivity contribution < 1.29 is 23.8 Å². The maximum absolute atomic E-state index is 12.5. The molecular formula is C17H22N2O5. The van der Waals surface area contributed by atoms with Crippen molar-refractivity contribution in [3.63, 3.8) is 0 Å². The largest absolute Gasteiger partial charge is 0.469 e. The van der Waals surface area contributed by atoms with E-state index >= 15 is 0 Å². The standard InChI is InChI=1S/C17H22N2O5/c1-22-16(20)8-13(19-17(21)12-3-2-6-18-9-12)11-4-5-14-15(7-11)24-10-23-14/h4-5,7,12-13,18H,2-3,6,8-10H2,1H3,(H,19,21)/t12-,13+/m1/s1. The van der Waals surface area contributed by atoms with E-state index in [1.165, 1.54) is 7.11 Å². The molecule has 24 heavy (non-hydrogen) atoms. The lowest BCUT2D eigenvalue weighted by Crippen LogP contribution is -2.42. The molecule has 1 amide bonds. The van der Waals surface area contributed by atoms with Crippen molar-refractivity contribution in [2.75, 3.05) is 27.0 Å². The summed E-state index contributed by atoms with van der Waals surface area (Å²) >= 11 is 0. The lowest BCUT2D eigenvalue weighted by molar-refractivity contribution is -0.141. The van der Waals surface area contributed by atoms with Crippen LogP contribution in [0.25, 0.3) is 0 Å². The van der Waals surface area contributed by atoms with Gasteiger partial charge in [0, 0.05) is 6.54 Å². The average Bonchev–Trinajstić information content (AvgIpc) is 3.09. The van der Waals surface area contributed by atoms with Crippen LogP contribution >= 0.6 is 0 Å². The molecule has 7 heteroatoms. The Bertz CT molecular complexity index is 613. The third-order valence-corrected chi connectivity index (χ3v) is 4.38. The molecule has 2 heterocycles. The highest BCUT2D eigenvalue weighted by Gasteiger charge is 2.26. The number of carbonyl (C=O) groups excluding carboxylic acids is 2. The minimum absolute atomic E-state index is 0.0474. The molecule has 0 bridgehead atoms. The Labute approximate surface area is 140 Å². The zero-order valence-corrected chi connectivity index (χ0v) is 13.7. The molecule has 1 aromatic rings. The van der Waals surface area contributed by atoms with Crippen molar-refractivity contribution in [3.05, 3.63) is 23.8 Å². The van der Waals surface area contributed by atoms with Gasteiger partial charge in [0.15, 0.2) is 11.5 Å². The Morgan fingerprint density at radius 3 is 2.96 bits per heavy atom. The molecule has 2 atom stereocenters. The summed E-state index contributed by atoms with van der Waals surface area (Å²) in [5.41, 5.74) is 0.793. The van der Waals surface area contributed by atoms with E-state index in [1.54, 1.807) is 12.1 Å². The fourth-order valence-electron chi connectivity index (χ4n) is 3.00. The first kappa shape index (κ1) is 16.6. The fraction of sp³-hybridized carbons (Fsp3) is 0.529. The van der Waals surface area contributed by atoms with Gasteiger partial charge in [-0.2, -0.15) is 0 Å². The van der Waals surface area contributed by atoms with Gasteiger partial charge < -0.3 is 24.8 Å². The quantitative estimate of drug-likeness (QED) is 0.785. The summed E-state index contributed by atoms with van der Waals surface area (Å²) < 4.78 is 15.4. The van der Waals surface area contributed by atoms with Crippen LogP contribution in [0.1, 0.15) is 30.9 Å². The molecule has 0 saturated carbocycles. The SMILES string of the molecule is COC(=O)C[C@H](NC(=O)[C@@H]1CCCNC1)c1ccc2c(c1)OCO2. The lowest BCUT2D eigenvalue weighted by Gasteiger charge is -2.25. The zero-order valence-electron chi connectivity index (χ0n) is 13.7. The monoisotopic (exact) mass is 334 g/mol. The van der Waals surface area contributed by atoms with Gasteiger partial charge >= 0.3 is 5.97 Å². The molecule has 1 saturated heterocycles. The van der Waals surface area contributed by atoms with E-state index in [0.717, 1.165) is 24.9 Å². The topological polar surface area (TPSA) is 85.9 Å². The number of esters is 1. The molecule has 2 aliphatic rings. The summed E-state index contributed by atoms with van der Waals surface area (Å²) in [6.45, 7) is 1.79. The highest BCUT2D eigenvalue weighted by molar-refractivity contribution is 5.80. The first-order chi connectivity index (χ1) is 11.7. The van der Waals surface area contributed by atoms with Gasteiger partial charge in [0.1, 0.15) is 0 Å². The summed E-state index contributed by atoms with van der Waals surface area (Å²) in [7, 11) is 1.34. The molecule has 7 nitrogen and oxygen atoms in total. The maximum atomic E-state index is 12.5. The van der Waals surface area contributed by atoms with Crippen LogP contribution in [0.2, 0.25) is 0 Å². The van der Waals surface area contributed by atoms with E-state index in [2.05, 4.69) is 10.6 Å². The van der Waals surface area contributed by atoms with E-state index in [0.29, 0.717) is 18.0 Å². The first-order valence-electron chi connectivity index (χ1n) is 8.15. The Morgan fingerprint density at radius 1 is 1.38 bits per heavy atom. The molecule has 1 fully saturated rings. The Kier molecular flexibility index (Phi) is 5.20. The van der Waals surface area contributed by atoms with Gasteiger partial charge in [0.25, 0.3) is 0 Å². The third kappa shape index (κ3) is 3.79. The normalized spacial score (nSPS) is 20.3. The second-order valence-electron chi connectivity index (χ2n) is 6.00. The molecule has 2 N–H and O–H groups in total. The number of piperidine rings is 1. The zero-order chi connectivity index (χ0) is 16.9. The van der Waals surface area contributed by atoms with E-state index in [4.69, 9.17) is 14.2 Å². The van der Waals surface area contributed by atoms with Crippen LogP contribution in [-0.2, 0) is 14.3 Å². The summed E-state index contributed by atoms with van der Waals surface area (Å²) in [6.07, 6.45) is 1.90. The van der Waals surface area contributed by atoms with Gasteiger partial charge in [-0.05, 0) is 37.1 Å². The minimum atomic E-state index is -0.457. The van der Waals surface area contributed by atoms with Crippen LogP contribution in [0, 0.1) is 5.92 Å². The maximum Gasteiger partial charge on any atom is 0.307 e. The van der Waals surface area contributed by atoms with Gasteiger partial charge in [0.05, 0.1) is 25.5 Å². The summed E-state index contributed by atoms with van der Waals surface area (Å²) in [5.74, 6) is 0.788. The predicted octanol–water partition coefficient (Wildman–Crippen LogP) is 1.14. The molecule has 130 valence electrons. The average molecular weight is 334 g/mol. The van der Waals surface area contributed by atoms with Crippen molar-refractivity contribution in [3.8, 4) is 11.5 Å². The van der Waals surface area contributed by atoms with Crippen LogP contribution in [0.5, 0.6) is 11.5 Å². The molecule has 0 unspecified atom stereocenters. The van der Waals surface area contributed by atoms with Gasteiger partial charge in [0.2, 0.25) is 12.7 Å². The number of fused-ring (bicyclic) bond motifs is 1. The van der Waals surface area contributed by atoms with E-state index < -0.39 is 6.04 Å². The molecule has 0 radical (unpaired) electrons. The van der Waals surface area contributed by atoms with Crippen molar-refractivity contribution in [2.24, 2.45) is 5.92 Å². The number of benzene rings is 1. The van der Waals surface area contributed by atoms with Crippen LogP contribution < -0.4 is 20.1 Å². The van der Waals surface area contributed by atoms with Crippen LogP contribution in [0.3, 0.4) is 0 Å². The predicted molar refractivity (Wildman–Crippen MR) is 85.7 cm³/mol. The Balaban J connectivity index is 1.75. The van der Waals surface area contributed by atoms with Gasteiger partial charge in [-0.1, -0.05) is 6.07 Å². The highest BCUT2D eigenvalue weighted by atomic mass is 16.7. The molecule has 0 spiro atoms. The van der Waals surface area contributed by atoms with Crippen molar-refractivity contribution in [1.82, 2.24) is 10.6 Å². The number of ether oxygens (including phenoxy) is 3. The number of nitrogens with one attached hydrogen (secondary N) is 2. The summed E-state index contributed by atoms with van der Waals surface area (Å²) in [6, 6.07) is 4.97. The number of rotatable bonds is 5. The van der Waals surface area contributed by atoms with Gasteiger partial charge in [-0.25, -0.2) is 0 Å². The van der Waals surface area contributed by atoms with E-state index in [1.807, 2.05) is 6.07 Å². The lowest BCUT2D eigenvalue weighted by atomic mass is 9.96. The molecule has 0 aromatic heterocycles. The van der Waals surface area contributed by atoms with Crippen molar-refractivity contribution in [2.45, 2.75) is 25.3 Å². The number of hydrogen-bond acceptors (Lipinski definition) is 6. The molecule has 3 rings (SSSR count). The second-order valence-corrected chi connectivity index (χ2v) is 6.00. The van der Waals surface area contributed by atoms with E-state index in [9.17, 15) is 9.59 Å². The fourth-order valence-corrected chi connectivity index (χ4v) is 3.00. The molecule has 0 aliphatic carbocycles. The van der Waals surface area contributed by atoms with Crippen LogP contribution in [0.15, 0.2) is 18.2 Å². The third-order valence-electron chi connectivity index (χ3n) is 4.38. The van der Waals surface area contributed by atoms with Gasteiger partial charge in [-0.15, -0.1) is 0 Å². The number of amides is 1. The first-order valence-corrected chi connectivity index (χ1v) is 8.15. The highest BCUT2D eigenvalue weighted by Crippen LogP contribution is 2.35. The van der Waals surface area contributed by atoms with Crippen LogP contribution in [-0.4, -0.2) is 38.9 Å². The number of methoxy groups -OCH3 is 1. The minimum Gasteiger partial charge on any atom is -0.469 e. The van der Waals surface area contributed by atoms with Crippen molar-refractivity contribution in [1.29, 1.82) is 0 Å². The molecule has 2 aliphatic heterocycles. The van der Waals surface area contributed by atoms with Gasteiger partial charge in [-0.3, -0.25) is 9.59 Å². The summed E-state index contributed by atoms with van der Waals surface area (Å²) in [5, 5.41) is 6.21. The smallest absolute Gasteiger partial charge is 0.307 e. The molecule has 1 aromatic carbocycles. The number of carbonyl (C=O) groups is 2. The second kappa shape index (κ2) is 7.53.